The van der Waals surface area contributed by atoms with Crippen molar-refractivity contribution in [1.82, 2.24) is 20.5 Å². The molecule has 14 heteroatoms. The number of aromatic amines is 1. The molecule has 0 bridgehead atoms. The number of hydrogen-bond donors (Lipinski definition) is 5. The summed E-state index contributed by atoms with van der Waals surface area (Å²) in [6.45, 7) is 6.56. The Hall–Kier alpha value is -3.90. The first kappa shape index (κ1) is 35.9. The largest absolute Gasteiger partial charge is 0.465 e. The fraction of sp³-hybridized carbons (Fsp3) is 0.455. The maximum absolute atomic E-state index is 14.3. The first-order chi connectivity index (χ1) is 22.1. The monoisotopic (exact) mass is 693 g/mol. The molecule has 0 saturated heterocycles. The number of fused-ring (bicyclic) bond motifs is 3. The molecule has 4 rings (SSSR count). The van der Waals surface area contributed by atoms with Gasteiger partial charge in [-0.25, -0.2) is 13.6 Å². The predicted molar refractivity (Wildman–Crippen MR) is 175 cm³/mol. The van der Waals surface area contributed by atoms with Gasteiger partial charge in [-0.1, -0.05) is 63.7 Å². The second kappa shape index (κ2) is 14.5. The normalized spacial score (nSPS) is 18.5. The van der Waals surface area contributed by atoms with Crippen LogP contribution < -0.4 is 16.4 Å². The Labute approximate surface area is 281 Å². The van der Waals surface area contributed by atoms with Crippen LogP contribution in [0.5, 0.6) is 0 Å². The van der Waals surface area contributed by atoms with Crippen LogP contribution in [0.15, 0.2) is 30.3 Å². The molecule has 2 unspecified atom stereocenters. The Bertz CT molecular complexity index is 1680. The Kier molecular flexibility index (Phi) is 11.1. The van der Waals surface area contributed by atoms with E-state index in [1.807, 2.05) is 6.92 Å². The number of aryl methyl sites for hydroxylation is 1. The number of halogens is 4. The van der Waals surface area contributed by atoms with E-state index in [0.29, 0.717) is 45.4 Å². The Morgan fingerprint density at radius 3 is 2.26 bits per heavy atom. The van der Waals surface area contributed by atoms with Crippen LogP contribution in [0, 0.1) is 23.5 Å². The molecule has 6 N–H and O–H groups in total. The fourth-order valence-electron chi connectivity index (χ4n) is 6.26. The highest BCUT2D eigenvalue weighted by atomic mass is 35.5. The summed E-state index contributed by atoms with van der Waals surface area (Å²) in [6.07, 6.45) is -0.280. The first-order valence-corrected chi connectivity index (χ1v) is 16.2. The molecule has 47 heavy (non-hydrogen) atoms. The molecule has 10 nitrogen and oxygen atoms in total. The number of benzene rings is 2. The third kappa shape index (κ3) is 7.65. The third-order valence-corrected chi connectivity index (χ3v) is 9.73. The van der Waals surface area contributed by atoms with Gasteiger partial charge in [0.25, 0.3) is 0 Å². The van der Waals surface area contributed by atoms with Gasteiger partial charge in [0.05, 0.1) is 17.1 Å². The summed E-state index contributed by atoms with van der Waals surface area (Å²) in [5.41, 5.74) is 6.09. The topological polar surface area (TPSA) is 158 Å². The Morgan fingerprint density at radius 2 is 1.68 bits per heavy atom. The van der Waals surface area contributed by atoms with Crippen molar-refractivity contribution >= 4 is 57.9 Å². The van der Waals surface area contributed by atoms with Gasteiger partial charge >= 0.3 is 6.09 Å². The van der Waals surface area contributed by atoms with Gasteiger partial charge in [-0.2, -0.15) is 0 Å². The number of primary amides is 1. The quantitative estimate of drug-likeness (QED) is 0.164. The SMILES string of the molecule is CCC(C)C(C(=O)N[C@]1(C(=O)N[C@H](C(N)=O)[C@@H](C)CC)CCc2[nH]c3c(Cl)cc(Cl)cc3c2C1)N(Cc1cc(F)cc(F)c1)C(=O)O. The molecular formula is C33H39Cl2F2N5O5. The molecule has 3 aromatic rings. The molecule has 1 heterocycles. The molecule has 254 valence electrons. The lowest BCUT2D eigenvalue weighted by Crippen LogP contribution is -2.67. The van der Waals surface area contributed by atoms with Crippen LogP contribution in [0.1, 0.15) is 63.8 Å². The lowest BCUT2D eigenvalue weighted by molar-refractivity contribution is -0.139. The molecule has 0 saturated carbocycles. The number of carbonyl (C=O) groups is 4. The molecular weight excluding hydrogens is 655 g/mol. The van der Waals surface area contributed by atoms with E-state index in [0.717, 1.165) is 22.7 Å². The molecule has 1 aliphatic carbocycles. The minimum Gasteiger partial charge on any atom is -0.465 e. The van der Waals surface area contributed by atoms with Crippen molar-refractivity contribution in [2.45, 2.75) is 84.0 Å². The number of nitrogens with zero attached hydrogens (tertiary/aromatic N) is 1. The lowest BCUT2D eigenvalue weighted by Gasteiger charge is -2.41. The standard InChI is InChI=1S/C33H39Cl2F2N5O5/c1-5-16(3)26(29(38)43)40-31(45)33(8-7-25-23(14-33)22-11-19(34)12-24(35)27(22)39-25)41-30(44)28(17(4)6-2)42(32(46)47)15-18-9-20(36)13-21(37)10-18/h9-13,16-17,26,28,39H,5-8,14-15H2,1-4H3,(H2,38,43)(H,40,45)(H,41,44)(H,46,47)/t16-,17?,26-,28?,33+/m0/s1. The lowest BCUT2D eigenvalue weighted by atomic mass is 9.78. The molecule has 1 aromatic heterocycles. The van der Waals surface area contributed by atoms with Crippen LogP contribution in [0.3, 0.4) is 0 Å². The van der Waals surface area contributed by atoms with E-state index in [1.54, 1.807) is 32.9 Å². The summed E-state index contributed by atoms with van der Waals surface area (Å²) in [4.78, 5) is 57.8. The summed E-state index contributed by atoms with van der Waals surface area (Å²) in [5, 5.41) is 17.3. The molecule has 0 spiro atoms. The van der Waals surface area contributed by atoms with E-state index in [1.165, 1.54) is 0 Å². The second-order valence-electron chi connectivity index (χ2n) is 12.4. The molecule has 0 aliphatic heterocycles. The van der Waals surface area contributed by atoms with Gasteiger partial charge in [0.2, 0.25) is 17.7 Å². The maximum Gasteiger partial charge on any atom is 0.408 e. The average Bonchev–Trinajstić information content (AvgIpc) is 3.35. The molecule has 0 radical (unpaired) electrons. The van der Waals surface area contributed by atoms with E-state index >= 15 is 0 Å². The van der Waals surface area contributed by atoms with Gasteiger partial charge in [0, 0.05) is 28.6 Å². The zero-order valence-electron chi connectivity index (χ0n) is 26.6. The molecule has 4 amide bonds. The second-order valence-corrected chi connectivity index (χ2v) is 13.2. The number of carboxylic acid groups (broad SMARTS) is 1. The zero-order valence-corrected chi connectivity index (χ0v) is 28.1. The van der Waals surface area contributed by atoms with E-state index in [9.17, 15) is 33.1 Å². The summed E-state index contributed by atoms with van der Waals surface area (Å²) >= 11 is 12.8. The highest BCUT2D eigenvalue weighted by Crippen LogP contribution is 2.38. The van der Waals surface area contributed by atoms with Crippen molar-refractivity contribution in [1.29, 1.82) is 0 Å². The third-order valence-electron chi connectivity index (χ3n) is 9.21. The average molecular weight is 695 g/mol. The van der Waals surface area contributed by atoms with Gasteiger partial charge in [-0.15, -0.1) is 0 Å². The highest BCUT2D eigenvalue weighted by Gasteiger charge is 2.47. The van der Waals surface area contributed by atoms with Gasteiger partial charge in [-0.05, 0) is 60.1 Å². The minimum atomic E-state index is -1.66. The van der Waals surface area contributed by atoms with Crippen molar-refractivity contribution in [3.05, 3.63) is 68.8 Å². The van der Waals surface area contributed by atoms with Crippen molar-refractivity contribution in [2.75, 3.05) is 0 Å². The zero-order chi connectivity index (χ0) is 34.8. The fourth-order valence-corrected chi connectivity index (χ4v) is 6.80. The van der Waals surface area contributed by atoms with Gasteiger partial charge < -0.3 is 26.5 Å². The molecule has 0 fully saturated rings. The van der Waals surface area contributed by atoms with Crippen LogP contribution in [-0.4, -0.2) is 56.4 Å². The van der Waals surface area contributed by atoms with Crippen LogP contribution in [0.25, 0.3) is 10.9 Å². The number of H-pyrrole nitrogens is 1. The molecule has 1 aliphatic rings. The van der Waals surface area contributed by atoms with Gasteiger partial charge in [0.15, 0.2) is 0 Å². The number of carbonyl (C=O) groups excluding carboxylic acids is 3. The first-order valence-electron chi connectivity index (χ1n) is 15.5. The summed E-state index contributed by atoms with van der Waals surface area (Å²) < 4.78 is 28.1. The van der Waals surface area contributed by atoms with Crippen LogP contribution in [0.4, 0.5) is 13.6 Å². The van der Waals surface area contributed by atoms with E-state index in [-0.39, 0.29) is 30.7 Å². The molecule has 5 atom stereocenters. The number of amides is 4. The minimum absolute atomic E-state index is 0.00571. The smallest absolute Gasteiger partial charge is 0.408 e. The Balaban J connectivity index is 1.80. The van der Waals surface area contributed by atoms with Gasteiger partial charge in [-0.3, -0.25) is 19.3 Å². The highest BCUT2D eigenvalue weighted by molar-refractivity contribution is 6.38. The molecule has 2 aromatic carbocycles. The number of nitrogens with two attached hydrogens (primary N) is 1. The van der Waals surface area contributed by atoms with Crippen LogP contribution in [-0.2, 0) is 33.8 Å². The van der Waals surface area contributed by atoms with E-state index in [4.69, 9.17) is 28.9 Å². The van der Waals surface area contributed by atoms with Crippen molar-refractivity contribution in [3.8, 4) is 0 Å². The number of nitrogens with one attached hydrogen (secondary N) is 3. The summed E-state index contributed by atoms with van der Waals surface area (Å²) in [7, 11) is 0. The van der Waals surface area contributed by atoms with Crippen LogP contribution >= 0.6 is 23.2 Å². The van der Waals surface area contributed by atoms with Crippen molar-refractivity contribution < 1.29 is 33.1 Å². The summed E-state index contributed by atoms with van der Waals surface area (Å²) in [6, 6.07) is 3.53. The maximum atomic E-state index is 14.3. The van der Waals surface area contributed by atoms with Crippen molar-refractivity contribution in [2.24, 2.45) is 17.6 Å². The van der Waals surface area contributed by atoms with Crippen LogP contribution in [0.2, 0.25) is 10.0 Å². The number of hydrogen-bond acceptors (Lipinski definition) is 4. The Morgan fingerprint density at radius 1 is 1.04 bits per heavy atom. The number of rotatable bonds is 12. The number of aromatic nitrogens is 1. The van der Waals surface area contributed by atoms with E-state index < -0.39 is 65.5 Å². The van der Waals surface area contributed by atoms with Gasteiger partial charge in [0.1, 0.15) is 29.3 Å². The summed E-state index contributed by atoms with van der Waals surface area (Å²) in [5.74, 6) is -4.88. The predicted octanol–water partition coefficient (Wildman–Crippen LogP) is 5.71. The van der Waals surface area contributed by atoms with E-state index in [2.05, 4.69) is 15.6 Å². The van der Waals surface area contributed by atoms with Crippen molar-refractivity contribution in [3.63, 3.8) is 0 Å².